The lowest BCUT2D eigenvalue weighted by molar-refractivity contribution is 0.379. The van der Waals surface area contributed by atoms with Crippen molar-refractivity contribution in [3.05, 3.63) is 98.6 Å². The fourth-order valence-electron chi connectivity index (χ4n) is 4.16. The summed E-state index contributed by atoms with van der Waals surface area (Å²) in [4.78, 5) is 13.0. The average Bonchev–Trinajstić information content (AvgIpc) is 3.54. The van der Waals surface area contributed by atoms with Crippen molar-refractivity contribution in [1.29, 1.82) is 0 Å². The second-order valence-corrected chi connectivity index (χ2v) is 8.34. The minimum Gasteiger partial charge on any atom is -0.507 e. The van der Waals surface area contributed by atoms with Crippen LogP contribution in [0, 0.1) is 5.92 Å². The van der Waals surface area contributed by atoms with Gasteiger partial charge >= 0.3 is 5.63 Å². The fraction of sp³-hybridized carbons (Fsp3) is 0.320. The molecule has 0 amide bonds. The summed E-state index contributed by atoms with van der Waals surface area (Å²) in [6.45, 7) is 2.05. The first kappa shape index (κ1) is 19.8. The van der Waals surface area contributed by atoms with E-state index in [4.69, 9.17) is 16.0 Å². The summed E-state index contributed by atoms with van der Waals surface area (Å²) in [7, 11) is 0. The van der Waals surface area contributed by atoms with Crippen molar-refractivity contribution in [3.8, 4) is 5.75 Å². The number of hydrogen-bond acceptors (Lipinski definition) is 3. The zero-order valence-electron chi connectivity index (χ0n) is 16.5. The van der Waals surface area contributed by atoms with Gasteiger partial charge in [-0.1, -0.05) is 61.0 Å². The molecule has 1 aromatic heterocycles. The number of rotatable bonds is 7. The highest BCUT2D eigenvalue weighted by Gasteiger charge is 2.37. The lowest BCUT2D eigenvalue weighted by Gasteiger charge is -2.19. The van der Waals surface area contributed by atoms with E-state index < -0.39 is 5.63 Å². The molecular weight excluding hydrogens is 384 g/mol. The van der Waals surface area contributed by atoms with Crippen LogP contribution in [0.3, 0.4) is 0 Å². The van der Waals surface area contributed by atoms with Gasteiger partial charge in [0, 0.05) is 22.9 Å². The Morgan fingerprint density at radius 1 is 1.10 bits per heavy atom. The van der Waals surface area contributed by atoms with E-state index in [0.717, 1.165) is 30.4 Å². The predicted molar refractivity (Wildman–Crippen MR) is 116 cm³/mol. The Morgan fingerprint density at radius 2 is 1.86 bits per heavy atom. The molecule has 1 heterocycles. The Hall–Kier alpha value is -2.52. The summed E-state index contributed by atoms with van der Waals surface area (Å²) in [6.07, 6.45) is 3.61. The Labute approximate surface area is 176 Å². The highest BCUT2D eigenvalue weighted by atomic mass is 35.5. The standard InChI is InChI=1S/C25H25ClO3/c1-2-17(13-16-7-6-10-20(26)14-16)22-15-21(27)24(25(28)29-22)23(19-11-12-19)18-8-4-3-5-9-18/h3-10,14-15,17,19,23,27H,2,11-13H2,1H3. The van der Waals surface area contributed by atoms with Crippen molar-refractivity contribution in [2.75, 3.05) is 0 Å². The molecule has 1 fully saturated rings. The molecule has 2 atom stereocenters. The van der Waals surface area contributed by atoms with Gasteiger partial charge in [-0.05, 0) is 54.9 Å². The van der Waals surface area contributed by atoms with E-state index >= 15 is 0 Å². The van der Waals surface area contributed by atoms with Crippen molar-refractivity contribution in [2.24, 2.45) is 5.92 Å². The molecule has 0 bridgehead atoms. The average molecular weight is 409 g/mol. The van der Waals surface area contributed by atoms with E-state index in [0.29, 0.717) is 28.7 Å². The third-order valence-corrected chi connectivity index (χ3v) is 6.05. The topological polar surface area (TPSA) is 50.4 Å². The summed E-state index contributed by atoms with van der Waals surface area (Å²) < 4.78 is 5.78. The highest BCUT2D eigenvalue weighted by molar-refractivity contribution is 6.30. The Morgan fingerprint density at radius 3 is 2.48 bits per heavy atom. The third kappa shape index (κ3) is 4.40. The molecular formula is C25H25ClO3. The molecule has 4 rings (SSSR count). The molecule has 1 saturated carbocycles. The van der Waals surface area contributed by atoms with Crippen molar-refractivity contribution >= 4 is 11.6 Å². The van der Waals surface area contributed by atoms with Gasteiger partial charge in [0.2, 0.25) is 0 Å². The molecule has 0 saturated heterocycles. The van der Waals surface area contributed by atoms with Crippen molar-refractivity contribution in [1.82, 2.24) is 0 Å². The molecule has 29 heavy (non-hydrogen) atoms. The smallest absolute Gasteiger partial charge is 0.343 e. The zero-order chi connectivity index (χ0) is 20.4. The normalized spacial score (nSPS) is 15.8. The minimum atomic E-state index is -0.426. The van der Waals surface area contributed by atoms with Crippen molar-refractivity contribution < 1.29 is 9.52 Å². The van der Waals surface area contributed by atoms with Crippen LogP contribution >= 0.6 is 11.6 Å². The predicted octanol–water partition coefficient (Wildman–Crippen LogP) is 6.28. The number of halogens is 1. The second-order valence-electron chi connectivity index (χ2n) is 7.90. The van der Waals surface area contributed by atoms with Gasteiger partial charge in [-0.25, -0.2) is 4.79 Å². The van der Waals surface area contributed by atoms with Gasteiger partial charge in [-0.3, -0.25) is 0 Å². The van der Waals surface area contributed by atoms with Crippen LogP contribution in [0.15, 0.2) is 69.9 Å². The van der Waals surface area contributed by atoms with Gasteiger partial charge in [0.25, 0.3) is 0 Å². The second kappa shape index (κ2) is 8.46. The SMILES string of the molecule is CCC(Cc1cccc(Cl)c1)c1cc(O)c(C(c2ccccc2)C2CC2)c(=O)o1. The molecule has 0 radical (unpaired) electrons. The first-order valence-corrected chi connectivity index (χ1v) is 10.6. The summed E-state index contributed by atoms with van der Waals surface area (Å²) in [5.41, 5.74) is 2.09. The van der Waals surface area contributed by atoms with Crippen molar-refractivity contribution in [3.63, 3.8) is 0 Å². The number of aromatic hydroxyl groups is 1. The van der Waals surface area contributed by atoms with Gasteiger partial charge in [-0.15, -0.1) is 0 Å². The van der Waals surface area contributed by atoms with E-state index in [-0.39, 0.29) is 17.6 Å². The molecule has 2 aromatic carbocycles. The fourth-order valence-corrected chi connectivity index (χ4v) is 4.37. The van der Waals surface area contributed by atoms with Gasteiger partial charge in [-0.2, -0.15) is 0 Å². The maximum Gasteiger partial charge on any atom is 0.343 e. The van der Waals surface area contributed by atoms with Crippen LogP contribution in [0.5, 0.6) is 5.75 Å². The molecule has 4 heteroatoms. The van der Waals surface area contributed by atoms with E-state index in [1.54, 1.807) is 6.07 Å². The Balaban J connectivity index is 1.68. The van der Waals surface area contributed by atoms with Gasteiger partial charge in [0.1, 0.15) is 11.5 Å². The summed E-state index contributed by atoms with van der Waals surface area (Å²) >= 11 is 6.10. The summed E-state index contributed by atoms with van der Waals surface area (Å²) in [5, 5.41) is 11.5. The lowest BCUT2D eigenvalue weighted by Crippen LogP contribution is -2.17. The maximum atomic E-state index is 13.0. The van der Waals surface area contributed by atoms with Crippen LogP contribution in [0.1, 0.15) is 60.5 Å². The lowest BCUT2D eigenvalue weighted by atomic mass is 9.87. The quantitative estimate of drug-likeness (QED) is 0.500. The van der Waals surface area contributed by atoms with Crippen LogP contribution in [0.2, 0.25) is 5.02 Å². The molecule has 2 unspecified atom stereocenters. The van der Waals surface area contributed by atoms with Crippen LogP contribution in [0.4, 0.5) is 0 Å². The van der Waals surface area contributed by atoms with E-state index in [1.807, 2.05) is 54.6 Å². The van der Waals surface area contributed by atoms with Crippen molar-refractivity contribution in [2.45, 2.75) is 44.4 Å². The summed E-state index contributed by atoms with van der Waals surface area (Å²) in [5.74, 6) is 0.833. The molecule has 1 aliphatic rings. The van der Waals surface area contributed by atoms with E-state index in [1.165, 1.54) is 0 Å². The monoisotopic (exact) mass is 408 g/mol. The first-order valence-electron chi connectivity index (χ1n) is 10.2. The van der Waals surface area contributed by atoms with Crippen LogP contribution < -0.4 is 5.63 Å². The van der Waals surface area contributed by atoms with E-state index in [2.05, 4.69) is 6.92 Å². The van der Waals surface area contributed by atoms with E-state index in [9.17, 15) is 9.90 Å². The van der Waals surface area contributed by atoms with Gasteiger partial charge in [0.05, 0.1) is 5.56 Å². The van der Waals surface area contributed by atoms with Crippen LogP contribution in [-0.2, 0) is 6.42 Å². The maximum absolute atomic E-state index is 13.0. The number of hydrogen-bond donors (Lipinski definition) is 1. The Kier molecular flexibility index (Phi) is 5.77. The number of benzene rings is 2. The molecule has 0 aliphatic heterocycles. The largest absolute Gasteiger partial charge is 0.507 e. The first-order chi connectivity index (χ1) is 14.1. The zero-order valence-corrected chi connectivity index (χ0v) is 17.2. The molecule has 3 aromatic rings. The van der Waals surface area contributed by atoms with Gasteiger partial charge in [0.15, 0.2) is 0 Å². The van der Waals surface area contributed by atoms with Crippen LogP contribution in [-0.4, -0.2) is 5.11 Å². The molecule has 1 N–H and O–H groups in total. The third-order valence-electron chi connectivity index (χ3n) is 5.81. The van der Waals surface area contributed by atoms with Gasteiger partial charge < -0.3 is 9.52 Å². The highest BCUT2D eigenvalue weighted by Crippen LogP contribution is 2.47. The summed E-state index contributed by atoms with van der Waals surface area (Å²) in [6, 6.07) is 19.3. The van der Waals surface area contributed by atoms with Crippen LogP contribution in [0.25, 0.3) is 0 Å². The Bertz CT molecular complexity index is 1040. The molecule has 150 valence electrons. The molecule has 0 spiro atoms. The molecule has 1 aliphatic carbocycles. The molecule has 3 nitrogen and oxygen atoms in total. The minimum absolute atomic E-state index is 0.00258.